The minimum Gasteiger partial charge on any atom is -0.481 e. The molecule has 1 aromatic rings. The van der Waals surface area contributed by atoms with Gasteiger partial charge in [0.25, 0.3) is 0 Å². The molecule has 2 N–H and O–H groups in total. The Bertz CT molecular complexity index is 490. The van der Waals surface area contributed by atoms with E-state index in [1.807, 2.05) is 0 Å². The highest BCUT2D eigenvalue weighted by Gasteiger charge is 2.37. The number of hydrogen-bond acceptors (Lipinski definition) is 3. The van der Waals surface area contributed by atoms with Gasteiger partial charge in [0.15, 0.2) is 0 Å². The van der Waals surface area contributed by atoms with E-state index in [0.717, 1.165) is 4.90 Å². The number of amides is 1. The number of aliphatic carboxylic acids is 1. The minimum atomic E-state index is -4.00. The third-order valence-corrected chi connectivity index (χ3v) is 4.88. The summed E-state index contributed by atoms with van der Waals surface area (Å²) in [6.45, 7) is 0. The molecule has 0 fully saturated rings. The van der Waals surface area contributed by atoms with Gasteiger partial charge in [0.2, 0.25) is 13.8 Å². The summed E-state index contributed by atoms with van der Waals surface area (Å²) in [5.74, 6) is -1.34. The van der Waals surface area contributed by atoms with Crippen LogP contribution in [0.4, 0.5) is 0 Å². The van der Waals surface area contributed by atoms with Crippen LogP contribution < -0.4 is 0 Å². The predicted molar refractivity (Wildman–Crippen MR) is 70.1 cm³/mol. The van der Waals surface area contributed by atoms with Crippen LogP contribution in [0.15, 0.2) is 30.3 Å². The van der Waals surface area contributed by atoms with Gasteiger partial charge in [-0.15, -0.1) is 0 Å². The highest BCUT2D eigenvalue weighted by Crippen LogP contribution is 2.47. The first kappa shape index (κ1) is 15.4. The predicted octanol–water partition coefficient (Wildman–Crippen LogP) is 0.998. The van der Waals surface area contributed by atoms with Crippen molar-refractivity contribution >= 4 is 19.7 Å². The Morgan fingerprint density at radius 2 is 2.00 bits per heavy atom. The fraction of sp³-hybridized carbons (Fsp3) is 0.333. The summed E-state index contributed by atoms with van der Waals surface area (Å²) in [6.07, 6.45) is -0.124. The second-order valence-corrected chi connectivity index (χ2v) is 6.72. The van der Waals surface area contributed by atoms with Crippen LogP contribution in [0.25, 0.3) is 0 Å². The first-order chi connectivity index (χ1) is 8.86. The molecule has 0 radical (unpaired) electrons. The maximum Gasteiger partial charge on any atom is 0.316 e. The maximum atomic E-state index is 12.1. The Morgan fingerprint density at radius 1 is 1.42 bits per heavy atom. The van der Waals surface area contributed by atoms with Crippen molar-refractivity contribution in [2.24, 2.45) is 0 Å². The van der Waals surface area contributed by atoms with Crippen molar-refractivity contribution in [3.8, 4) is 0 Å². The van der Waals surface area contributed by atoms with Crippen LogP contribution in [0.5, 0.6) is 0 Å². The molecule has 0 heterocycles. The van der Waals surface area contributed by atoms with Gasteiger partial charge in [0, 0.05) is 7.05 Å². The Kier molecular flexibility index (Phi) is 5.27. The molecule has 1 amide bonds. The second-order valence-electron chi connectivity index (χ2n) is 4.30. The largest absolute Gasteiger partial charge is 0.481 e. The lowest BCUT2D eigenvalue weighted by Gasteiger charge is -2.22. The topological polar surface area (TPSA) is 94.9 Å². The number of hydrogen-bond donors (Lipinski definition) is 2. The first-order valence-corrected chi connectivity index (χ1v) is 7.52. The standard InChI is InChI=1S/C12H16NO5P/c1-13(8-14)9-19(17,18)11(12(15)16)7-10-5-3-2-4-6-10/h2-6,8,11H,7,9H2,1H3,(H,15,16)(H,17,18)/t11-/m1/s1. The van der Waals surface area contributed by atoms with Crippen LogP contribution in [-0.2, 0) is 20.6 Å². The fourth-order valence-electron chi connectivity index (χ4n) is 1.69. The molecule has 0 saturated heterocycles. The van der Waals surface area contributed by atoms with E-state index < -0.39 is 25.3 Å². The maximum absolute atomic E-state index is 12.1. The molecule has 104 valence electrons. The van der Waals surface area contributed by atoms with E-state index >= 15 is 0 Å². The monoisotopic (exact) mass is 285 g/mol. The molecule has 19 heavy (non-hydrogen) atoms. The highest BCUT2D eigenvalue weighted by atomic mass is 31.2. The molecule has 0 aliphatic heterocycles. The third-order valence-electron chi connectivity index (χ3n) is 2.65. The van der Waals surface area contributed by atoms with E-state index in [9.17, 15) is 19.0 Å². The van der Waals surface area contributed by atoms with E-state index in [0.29, 0.717) is 12.0 Å². The van der Waals surface area contributed by atoms with Crippen molar-refractivity contribution in [3.63, 3.8) is 0 Å². The van der Waals surface area contributed by atoms with Crippen molar-refractivity contribution in [2.75, 3.05) is 13.3 Å². The zero-order valence-corrected chi connectivity index (χ0v) is 11.4. The van der Waals surface area contributed by atoms with Gasteiger partial charge < -0.3 is 14.9 Å². The van der Waals surface area contributed by atoms with Crippen molar-refractivity contribution in [1.82, 2.24) is 4.90 Å². The summed E-state index contributed by atoms with van der Waals surface area (Å²) in [5.41, 5.74) is -0.754. The van der Waals surface area contributed by atoms with E-state index in [1.165, 1.54) is 7.05 Å². The number of nitrogens with zero attached hydrogens (tertiary/aromatic N) is 1. The smallest absolute Gasteiger partial charge is 0.316 e. The quantitative estimate of drug-likeness (QED) is 0.575. The zero-order valence-electron chi connectivity index (χ0n) is 10.5. The van der Waals surface area contributed by atoms with Gasteiger partial charge in [-0.05, 0) is 12.0 Å². The van der Waals surface area contributed by atoms with E-state index in [4.69, 9.17) is 5.11 Å². The zero-order chi connectivity index (χ0) is 14.5. The van der Waals surface area contributed by atoms with Crippen LogP contribution in [0.2, 0.25) is 0 Å². The van der Waals surface area contributed by atoms with Crippen LogP contribution in [-0.4, -0.2) is 46.3 Å². The molecule has 1 aromatic carbocycles. The van der Waals surface area contributed by atoms with Gasteiger partial charge in [-0.2, -0.15) is 0 Å². The lowest BCUT2D eigenvalue weighted by atomic mass is 10.1. The van der Waals surface area contributed by atoms with Gasteiger partial charge in [-0.25, -0.2) is 0 Å². The van der Waals surface area contributed by atoms with Crippen LogP contribution in [0.3, 0.4) is 0 Å². The van der Waals surface area contributed by atoms with Gasteiger partial charge >= 0.3 is 5.97 Å². The molecule has 1 rings (SSSR count). The SMILES string of the molecule is CN(C=O)CP(=O)(O)[C@H](Cc1ccccc1)C(=O)O. The molecular formula is C12H16NO5P. The van der Waals surface area contributed by atoms with Gasteiger partial charge in [-0.3, -0.25) is 14.2 Å². The summed E-state index contributed by atoms with van der Waals surface area (Å²) in [5, 5.41) is 9.12. The lowest BCUT2D eigenvalue weighted by Crippen LogP contribution is -2.29. The van der Waals surface area contributed by atoms with Gasteiger partial charge in [-0.1, -0.05) is 30.3 Å². The summed E-state index contributed by atoms with van der Waals surface area (Å²) < 4.78 is 12.1. The second kappa shape index (κ2) is 6.50. The number of benzene rings is 1. The third kappa shape index (κ3) is 4.50. The molecular weight excluding hydrogens is 269 g/mol. The molecule has 0 bridgehead atoms. The molecule has 6 nitrogen and oxygen atoms in total. The molecule has 0 aliphatic rings. The van der Waals surface area contributed by atoms with E-state index in [1.54, 1.807) is 30.3 Å². The normalized spacial score (nSPS) is 15.3. The van der Waals surface area contributed by atoms with E-state index in [-0.39, 0.29) is 6.42 Å². The Balaban J connectivity index is 2.91. The number of carbonyl (C=O) groups excluding carboxylic acids is 1. The molecule has 1 unspecified atom stereocenters. The minimum absolute atomic E-state index is 0.0450. The molecule has 2 atom stereocenters. The summed E-state index contributed by atoms with van der Waals surface area (Å²) in [7, 11) is -2.67. The number of carbonyl (C=O) groups is 2. The van der Waals surface area contributed by atoms with Gasteiger partial charge in [0.05, 0.1) is 6.29 Å². The Morgan fingerprint density at radius 3 is 2.47 bits per heavy atom. The van der Waals surface area contributed by atoms with Crippen molar-refractivity contribution < 1.29 is 24.2 Å². The summed E-state index contributed by atoms with van der Waals surface area (Å²) >= 11 is 0. The fourth-order valence-corrected chi connectivity index (χ4v) is 3.44. The summed E-state index contributed by atoms with van der Waals surface area (Å²) in [4.78, 5) is 32.5. The average Bonchev–Trinajstić information content (AvgIpc) is 2.36. The molecule has 7 heteroatoms. The van der Waals surface area contributed by atoms with Crippen LogP contribution >= 0.6 is 7.37 Å². The van der Waals surface area contributed by atoms with E-state index in [2.05, 4.69) is 0 Å². The van der Waals surface area contributed by atoms with Crippen LogP contribution in [0, 0.1) is 0 Å². The van der Waals surface area contributed by atoms with Crippen molar-refractivity contribution in [3.05, 3.63) is 35.9 Å². The molecule has 0 aromatic heterocycles. The number of rotatable bonds is 7. The summed E-state index contributed by atoms with van der Waals surface area (Å²) in [6, 6.07) is 8.62. The molecule has 0 aliphatic carbocycles. The number of carboxylic acid groups (broad SMARTS) is 1. The highest BCUT2D eigenvalue weighted by molar-refractivity contribution is 7.59. The van der Waals surface area contributed by atoms with Crippen molar-refractivity contribution in [1.29, 1.82) is 0 Å². The average molecular weight is 285 g/mol. The lowest BCUT2D eigenvalue weighted by molar-refractivity contribution is -0.136. The molecule has 0 spiro atoms. The van der Waals surface area contributed by atoms with Crippen LogP contribution in [0.1, 0.15) is 5.56 Å². The Labute approximate surface area is 111 Å². The Hall–Kier alpha value is -1.65. The first-order valence-electron chi connectivity index (χ1n) is 5.60. The number of carboxylic acids is 1. The van der Waals surface area contributed by atoms with Gasteiger partial charge in [0.1, 0.15) is 5.66 Å². The molecule has 0 saturated carbocycles. The van der Waals surface area contributed by atoms with Crippen molar-refractivity contribution in [2.45, 2.75) is 12.1 Å².